The lowest BCUT2D eigenvalue weighted by Crippen LogP contribution is -2.47. The molecule has 1 amide bonds. The van der Waals surface area contributed by atoms with Gasteiger partial charge in [-0.15, -0.1) is 13.2 Å². The van der Waals surface area contributed by atoms with Gasteiger partial charge in [-0.25, -0.2) is 0 Å². The zero-order valence-electron chi connectivity index (χ0n) is 14.8. The predicted molar refractivity (Wildman–Crippen MR) is 101 cm³/mol. The van der Waals surface area contributed by atoms with E-state index in [1.807, 2.05) is 0 Å². The van der Waals surface area contributed by atoms with E-state index in [0.717, 1.165) is 6.16 Å². The number of hydrogen-bond acceptors (Lipinski definition) is 6. The van der Waals surface area contributed by atoms with E-state index in [-0.39, 0.29) is 11.7 Å². The van der Waals surface area contributed by atoms with Gasteiger partial charge in [-0.05, 0) is 25.9 Å². The van der Waals surface area contributed by atoms with Crippen molar-refractivity contribution >= 4 is 19.1 Å². The maximum atomic E-state index is 12.0. The van der Waals surface area contributed by atoms with Crippen LogP contribution in [0.1, 0.15) is 6.42 Å². The Morgan fingerprint density at radius 1 is 1.44 bits per heavy atom. The number of aliphatic hydroxyl groups is 2. The fraction of sp³-hybridized carbons (Fsp3) is 0.529. The number of aliphatic hydroxyl groups excluding tert-OH is 2. The minimum absolute atomic E-state index is 0.289. The summed E-state index contributed by atoms with van der Waals surface area (Å²) >= 11 is 0. The van der Waals surface area contributed by atoms with Crippen LogP contribution < -0.4 is 11.1 Å². The van der Waals surface area contributed by atoms with Gasteiger partial charge in [0, 0.05) is 12.7 Å². The van der Waals surface area contributed by atoms with Gasteiger partial charge in [-0.3, -0.25) is 4.79 Å². The molecule has 0 bridgehead atoms. The van der Waals surface area contributed by atoms with Crippen LogP contribution >= 0.6 is 6.89 Å². The molecule has 0 spiro atoms. The predicted octanol–water partition coefficient (Wildman–Crippen LogP) is -0.166. The molecule has 25 heavy (non-hydrogen) atoms. The van der Waals surface area contributed by atoms with E-state index in [1.54, 1.807) is 18.4 Å². The molecular weight excluding hydrogens is 341 g/mol. The van der Waals surface area contributed by atoms with Gasteiger partial charge in [0.25, 0.3) is 5.91 Å². The average molecular weight is 369 g/mol. The lowest BCUT2D eigenvalue weighted by Gasteiger charge is -2.34. The lowest BCUT2D eigenvalue weighted by atomic mass is 10.1. The lowest BCUT2D eigenvalue weighted by molar-refractivity contribution is -0.119. The molecule has 1 saturated heterocycles. The highest BCUT2D eigenvalue weighted by Gasteiger charge is 2.46. The Labute approximate surface area is 148 Å². The molecule has 0 aliphatic carbocycles. The molecule has 1 fully saturated rings. The first kappa shape index (κ1) is 19.9. The number of amides is 1. The van der Waals surface area contributed by atoms with E-state index >= 15 is 0 Å². The maximum Gasteiger partial charge on any atom is 0.258 e. The van der Waals surface area contributed by atoms with Gasteiger partial charge in [0.1, 0.15) is 18.0 Å². The monoisotopic (exact) mass is 369 g/mol. The summed E-state index contributed by atoms with van der Waals surface area (Å²) in [4.78, 5) is 13.5. The first-order chi connectivity index (χ1) is 11.6. The SMILES string of the molecule is C=C1NC(=O)C(/C=C/CN)=CN1[C@@H]1O[C@H](CCP(=C)(C)C)[C@@H](O)C1O. The highest BCUT2D eigenvalue weighted by molar-refractivity contribution is 7.72. The van der Waals surface area contributed by atoms with Crippen LogP contribution in [0.2, 0.25) is 0 Å². The molecule has 2 heterocycles. The maximum absolute atomic E-state index is 12.0. The zero-order chi connectivity index (χ0) is 18.8. The Morgan fingerprint density at radius 2 is 2.12 bits per heavy atom. The molecule has 2 aliphatic heterocycles. The summed E-state index contributed by atoms with van der Waals surface area (Å²) in [6.07, 6.45) is 7.01. The molecule has 0 radical (unpaired) electrons. The van der Waals surface area contributed by atoms with Crippen LogP contribution in [0.3, 0.4) is 0 Å². The van der Waals surface area contributed by atoms with Crippen LogP contribution in [-0.2, 0) is 9.53 Å². The number of ether oxygens (including phenoxy) is 1. The second-order valence-electron chi connectivity index (χ2n) is 7.02. The first-order valence-corrected chi connectivity index (χ1v) is 11.3. The van der Waals surface area contributed by atoms with Gasteiger partial charge < -0.3 is 30.9 Å². The van der Waals surface area contributed by atoms with Crippen molar-refractivity contribution in [3.63, 3.8) is 0 Å². The minimum Gasteiger partial charge on any atom is -0.388 e. The summed E-state index contributed by atoms with van der Waals surface area (Å²) in [6.45, 7) is 7.08. The van der Waals surface area contributed by atoms with Crippen LogP contribution in [0.15, 0.2) is 36.3 Å². The largest absolute Gasteiger partial charge is 0.388 e. The van der Waals surface area contributed by atoms with Crippen molar-refractivity contribution in [1.82, 2.24) is 10.2 Å². The summed E-state index contributed by atoms with van der Waals surface area (Å²) in [7, 11) is 0. The van der Waals surface area contributed by atoms with Crippen LogP contribution in [-0.4, -0.2) is 77.9 Å². The smallest absolute Gasteiger partial charge is 0.258 e. The van der Waals surface area contributed by atoms with Gasteiger partial charge in [-0.1, -0.05) is 18.7 Å². The third-order valence-electron chi connectivity index (χ3n) is 4.17. The molecular formula is C17H28N3O4P. The molecule has 8 heteroatoms. The molecule has 2 aliphatic rings. The molecule has 1 unspecified atom stereocenters. The average Bonchev–Trinajstić information content (AvgIpc) is 2.80. The topological polar surface area (TPSA) is 108 Å². The van der Waals surface area contributed by atoms with E-state index < -0.39 is 31.4 Å². The van der Waals surface area contributed by atoms with Gasteiger partial charge in [0.2, 0.25) is 0 Å². The third-order valence-corrected chi connectivity index (χ3v) is 5.64. The van der Waals surface area contributed by atoms with Gasteiger partial charge in [0.15, 0.2) is 6.23 Å². The second-order valence-corrected chi connectivity index (χ2v) is 11.3. The third kappa shape index (κ3) is 4.84. The fourth-order valence-corrected chi connectivity index (χ4v) is 3.72. The molecule has 140 valence electrons. The van der Waals surface area contributed by atoms with Crippen LogP contribution in [0.5, 0.6) is 0 Å². The van der Waals surface area contributed by atoms with Crippen molar-refractivity contribution < 1.29 is 19.7 Å². The van der Waals surface area contributed by atoms with Crippen molar-refractivity contribution in [3.8, 4) is 0 Å². The summed E-state index contributed by atoms with van der Waals surface area (Å²) in [5.74, 6) is -0.0177. The standard InChI is InChI=1S/C17H28N3O4P/c1-11-19-16(23)12(6-5-8-18)10-20(11)17-15(22)14(21)13(24-17)7-9-25(2,3)4/h5-6,10,13-15,17,21-22H,1-2,7-9,18H2,3-4H3,(H,19,23)/b6-5+/t13-,14-,15?,17-/m1/s1. The van der Waals surface area contributed by atoms with Crippen LogP contribution in [0, 0.1) is 0 Å². The molecule has 0 aromatic heterocycles. The highest BCUT2D eigenvalue weighted by Crippen LogP contribution is 2.38. The van der Waals surface area contributed by atoms with Crippen LogP contribution in [0.4, 0.5) is 0 Å². The molecule has 0 aromatic carbocycles. The quantitative estimate of drug-likeness (QED) is 0.485. The van der Waals surface area contributed by atoms with Crippen molar-refractivity contribution in [2.24, 2.45) is 5.73 Å². The number of nitrogens with one attached hydrogen (secondary N) is 1. The summed E-state index contributed by atoms with van der Waals surface area (Å²) in [6, 6.07) is 0. The molecule has 4 atom stereocenters. The zero-order valence-corrected chi connectivity index (χ0v) is 15.7. The number of rotatable bonds is 6. The van der Waals surface area contributed by atoms with E-state index in [1.165, 1.54) is 4.90 Å². The molecule has 5 N–H and O–H groups in total. The number of hydrogen-bond donors (Lipinski definition) is 4. The summed E-state index contributed by atoms with van der Waals surface area (Å²) in [5.41, 5.74) is 5.80. The van der Waals surface area contributed by atoms with E-state index in [9.17, 15) is 15.0 Å². The number of nitrogens with zero attached hydrogens (tertiary/aromatic N) is 1. The number of nitrogens with two attached hydrogens (primary N) is 1. The molecule has 2 rings (SSSR count). The molecule has 0 aromatic rings. The Bertz CT molecular complexity index is 640. The van der Waals surface area contributed by atoms with Crippen molar-refractivity contribution in [1.29, 1.82) is 0 Å². The summed E-state index contributed by atoms with van der Waals surface area (Å²) in [5, 5.41) is 23.4. The molecule has 0 saturated carbocycles. The highest BCUT2D eigenvalue weighted by atomic mass is 31.2. The number of carbonyl (C=O) groups excluding carboxylic acids is 1. The van der Waals surface area contributed by atoms with E-state index in [0.29, 0.717) is 18.5 Å². The van der Waals surface area contributed by atoms with E-state index in [2.05, 4.69) is 31.5 Å². The van der Waals surface area contributed by atoms with Gasteiger partial charge in [0.05, 0.1) is 11.7 Å². The summed E-state index contributed by atoms with van der Waals surface area (Å²) < 4.78 is 5.89. The normalized spacial score (nSPS) is 30.8. The van der Waals surface area contributed by atoms with Gasteiger partial charge >= 0.3 is 0 Å². The van der Waals surface area contributed by atoms with Gasteiger partial charge in [-0.2, -0.15) is 0 Å². The molecule has 7 nitrogen and oxygen atoms in total. The Hall–Kier alpha value is -1.37. The van der Waals surface area contributed by atoms with E-state index in [4.69, 9.17) is 10.5 Å². The minimum atomic E-state index is -1.25. The van der Waals surface area contributed by atoms with Crippen LogP contribution in [0.25, 0.3) is 0 Å². The Morgan fingerprint density at radius 3 is 2.72 bits per heavy atom. The number of carbonyl (C=O) groups is 1. The Balaban J connectivity index is 2.17. The Kier molecular flexibility index (Phi) is 6.30. The second kappa shape index (κ2) is 7.89. The van der Waals surface area contributed by atoms with Crippen molar-refractivity contribution in [2.75, 3.05) is 26.0 Å². The van der Waals surface area contributed by atoms with Crippen molar-refractivity contribution in [2.45, 2.75) is 31.0 Å². The fourth-order valence-electron chi connectivity index (χ4n) is 2.77. The van der Waals surface area contributed by atoms with Crippen molar-refractivity contribution in [3.05, 3.63) is 36.3 Å². The first-order valence-electron chi connectivity index (χ1n) is 8.20.